The number of pyridine rings is 1. The summed E-state index contributed by atoms with van der Waals surface area (Å²) in [6.07, 6.45) is 2.18. The molecule has 0 aliphatic rings. The van der Waals surface area contributed by atoms with Crippen LogP contribution in [0.1, 0.15) is 5.89 Å². The summed E-state index contributed by atoms with van der Waals surface area (Å²) < 4.78 is 10.0. The van der Waals surface area contributed by atoms with Crippen molar-refractivity contribution in [3.05, 3.63) is 30.3 Å². The normalized spacial score (nSPS) is 12.6. The second kappa shape index (κ2) is 5.51. The van der Waals surface area contributed by atoms with Gasteiger partial charge in [0.05, 0.1) is 6.61 Å². The summed E-state index contributed by atoms with van der Waals surface area (Å²) in [6.45, 7) is 0.460. The third kappa shape index (κ3) is 3.08. The topological polar surface area (TPSA) is 87.1 Å². The molecule has 90 valence electrons. The summed E-state index contributed by atoms with van der Waals surface area (Å²) in [7, 11) is 1.60. The molecule has 0 aliphatic carbocycles. The highest BCUT2D eigenvalue weighted by Gasteiger charge is 2.12. The first-order valence-electron chi connectivity index (χ1n) is 5.28. The van der Waals surface area contributed by atoms with E-state index in [0.29, 0.717) is 30.4 Å². The van der Waals surface area contributed by atoms with E-state index < -0.39 is 0 Å². The smallest absolute Gasteiger partial charge is 0.228 e. The molecule has 0 aliphatic heterocycles. The van der Waals surface area contributed by atoms with Gasteiger partial charge < -0.3 is 15.0 Å². The highest BCUT2D eigenvalue weighted by molar-refractivity contribution is 5.46. The monoisotopic (exact) mass is 234 g/mol. The van der Waals surface area contributed by atoms with Crippen LogP contribution in [0.4, 0.5) is 0 Å². The van der Waals surface area contributed by atoms with Crippen LogP contribution >= 0.6 is 0 Å². The molecular weight excluding hydrogens is 220 g/mol. The fourth-order valence-electron chi connectivity index (χ4n) is 1.43. The fourth-order valence-corrected chi connectivity index (χ4v) is 1.43. The van der Waals surface area contributed by atoms with Gasteiger partial charge in [0.1, 0.15) is 5.69 Å². The standard InChI is InChI=1S/C11H14N4O2/c1-16-7-8(12)6-10-14-11(15-17-10)9-4-2-3-5-13-9/h2-5,8H,6-7,12H2,1H3. The van der Waals surface area contributed by atoms with Crippen molar-refractivity contribution in [2.24, 2.45) is 5.73 Å². The van der Waals surface area contributed by atoms with E-state index in [-0.39, 0.29) is 6.04 Å². The third-order valence-electron chi connectivity index (χ3n) is 2.18. The van der Waals surface area contributed by atoms with E-state index in [1.165, 1.54) is 0 Å². The maximum atomic E-state index is 5.80. The van der Waals surface area contributed by atoms with Gasteiger partial charge in [0.15, 0.2) is 0 Å². The first kappa shape index (κ1) is 11.7. The van der Waals surface area contributed by atoms with Crippen molar-refractivity contribution in [1.29, 1.82) is 0 Å². The van der Waals surface area contributed by atoms with E-state index in [2.05, 4.69) is 15.1 Å². The van der Waals surface area contributed by atoms with Crippen molar-refractivity contribution in [2.45, 2.75) is 12.5 Å². The van der Waals surface area contributed by atoms with Crippen molar-refractivity contribution in [3.63, 3.8) is 0 Å². The zero-order chi connectivity index (χ0) is 12.1. The SMILES string of the molecule is COCC(N)Cc1nc(-c2ccccn2)no1. The third-order valence-corrected chi connectivity index (χ3v) is 2.18. The van der Waals surface area contributed by atoms with Gasteiger partial charge in [0, 0.05) is 25.8 Å². The van der Waals surface area contributed by atoms with Gasteiger partial charge >= 0.3 is 0 Å². The highest BCUT2D eigenvalue weighted by atomic mass is 16.5. The minimum Gasteiger partial charge on any atom is -0.383 e. The molecule has 17 heavy (non-hydrogen) atoms. The number of aromatic nitrogens is 3. The van der Waals surface area contributed by atoms with Crippen molar-refractivity contribution in [2.75, 3.05) is 13.7 Å². The first-order chi connectivity index (χ1) is 8.29. The van der Waals surface area contributed by atoms with Crippen LogP contribution in [0.25, 0.3) is 11.5 Å². The van der Waals surface area contributed by atoms with Gasteiger partial charge in [-0.25, -0.2) is 0 Å². The van der Waals surface area contributed by atoms with Crippen molar-refractivity contribution >= 4 is 0 Å². The zero-order valence-electron chi connectivity index (χ0n) is 9.54. The average Bonchev–Trinajstić information content (AvgIpc) is 2.79. The maximum Gasteiger partial charge on any atom is 0.228 e. The zero-order valence-corrected chi connectivity index (χ0v) is 9.54. The molecule has 0 saturated heterocycles. The number of ether oxygens (including phenoxy) is 1. The molecule has 1 unspecified atom stereocenters. The molecule has 2 heterocycles. The molecule has 0 spiro atoms. The Kier molecular flexibility index (Phi) is 3.79. The lowest BCUT2D eigenvalue weighted by Crippen LogP contribution is -2.28. The van der Waals surface area contributed by atoms with E-state index in [0.717, 1.165) is 0 Å². The molecule has 0 bridgehead atoms. The molecular formula is C11H14N4O2. The molecule has 6 heteroatoms. The van der Waals surface area contributed by atoms with E-state index in [4.69, 9.17) is 15.0 Å². The minimum atomic E-state index is -0.142. The van der Waals surface area contributed by atoms with Crippen LogP contribution in [-0.2, 0) is 11.2 Å². The maximum absolute atomic E-state index is 5.80. The lowest BCUT2D eigenvalue weighted by molar-refractivity contribution is 0.176. The van der Waals surface area contributed by atoms with Crippen molar-refractivity contribution < 1.29 is 9.26 Å². The number of nitrogens with two attached hydrogens (primary N) is 1. The van der Waals surface area contributed by atoms with E-state index in [1.54, 1.807) is 13.3 Å². The van der Waals surface area contributed by atoms with Crippen LogP contribution in [0.2, 0.25) is 0 Å². The Bertz CT molecular complexity index is 458. The Hall–Kier alpha value is -1.79. The fraction of sp³-hybridized carbons (Fsp3) is 0.364. The van der Waals surface area contributed by atoms with Gasteiger partial charge in [0.2, 0.25) is 11.7 Å². The summed E-state index contributed by atoms with van der Waals surface area (Å²) >= 11 is 0. The average molecular weight is 234 g/mol. The number of hydrogen-bond donors (Lipinski definition) is 1. The molecule has 2 N–H and O–H groups in total. The Balaban J connectivity index is 2.06. The molecule has 0 aromatic carbocycles. The van der Waals surface area contributed by atoms with Gasteiger partial charge in [-0.15, -0.1) is 0 Å². The Labute approximate surface area is 98.8 Å². The molecule has 2 rings (SSSR count). The summed E-state index contributed by atoms with van der Waals surface area (Å²) in [5.74, 6) is 0.973. The largest absolute Gasteiger partial charge is 0.383 e. The lowest BCUT2D eigenvalue weighted by Gasteiger charge is -2.05. The Morgan fingerprint density at radius 3 is 3.06 bits per heavy atom. The number of nitrogens with zero attached hydrogens (tertiary/aromatic N) is 3. The number of rotatable bonds is 5. The highest BCUT2D eigenvalue weighted by Crippen LogP contribution is 2.12. The molecule has 0 radical (unpaired) electrons. The van der Waals surface area contributed by atoms with Gasteiger partial charge in [-0.3, -0.25) is 4.98 Å². The molecule has 6 nitrogen and oxygen atoms in total. The summed E-state index contributed by atoms with van der Waals surface area (Å²) in [5, 5.41) is 3.85. The second-order valence-electron chi connectivity index (χ2n) is 3.65. The van der Waals surface area contributed by atoms with Crippen LogP contribution in [0, 0.1) is 0 Å². The molecule has 0 fully saturated rings. The lowest BCUT2D eigenvalue weighted by atomic mass is 10.2. The van der Waals surface area contributed by atoms with E-state index in [9.17, 15) is 0 Å². The predicted molar refractivity (Wildman–Crippen MR) is 61.1 cm³/mol. The van der Waals surface area contributed by atoms with Crippen molar-refractivity contribution in [1.82, 2.24) is 15.1 Å². The molecule has 1 atom stereocenters. The molecule has 0 saturated carbocycles. The number of methoxy groups -OCH3 is 1. The van der Waals surface area contributed by atoms with Crippen LogP contribution in [0.5, 0.6) is 0 Å². The van der Waals surface area contributed by atoms with Gasteiger partial charge in [-0.05, 0) is 12.1 Å². The first-order valence-corrected chi connectivity index (χ1v) is 5.28. The summed E-state index contributed by atoms with van der Waals surface area (Å²) in [4.78, 5) is 8.36. The van der Waals surface area contributed by atoms with E-state index >= 15 is 0 Å². The molecule has 0 amide bonds. The van der Waals surface area contributed by atoms with E-state index in [1.807, 2.05) is 18.2 Å². The van der Waals surface area contributed by atoms with Gasteiger partial charge in [0.25, 0.3) is 0 Å². The summed E-state index contributed by atoms with van der Waals surface area (Å²) in [5.41, 5.74) is 6.48. The van der Waals surface area contributed by atoms with Gasteiger partial charge in [-0.1, -0.05) is 11.2 Å². The number of hydrogen-bond acceptors (Lipinski definition) is 6. The second-order valence-corrected chi connectivity index (χ2v) is 3.65. The van der Waals surface area contributed by atoms with Crippen LogP contribution in [0.15, 0.2) is 28.9 Å². The van der Waals surface area contributed by atoms with Crippen LogP contribution in [-0.4, -0.2) is 34.9 Å². The van der Waals surface area contributed by atoms with Gasteiger partial charge in [-0.2, -0.15) is 4.98 Å². The van der Waals surface area contributed by atoms with Crippen molar-refractivity contribution in [3.8, 4) is 11.5 Å². The Morgan fingerprint density at radius 1 is 1.47 bits per heavy atom. The quantitative estimate of drug-likeness (QED) is 0.817. The molecule has 2 aromatic heterocycles. The molecule has 2 aromatic rings. The predicted octanol–water partition coefficient (Wildman–Crippen LogP) is 0.648. The summed E-state index contributed by atoms with van der Waals surface area (Å²) in [6, 6.07) is 5.38. The minimum absolute atomic E-state index is 0.142. The van der Waals surface area contributed by atoms with Crippen LogP contribution < -0.4 is 5.73 Å². The Morgan fingerprint density at radius 2 is 2.35 bits per heavy atom. The van der Waals surface area contributed by atoms with Crippen LogP contribution in [0.3, 0.4) is 0 Å².